The van der Waals surface area contributed by atoms with Gasteiger partial charge in [-0.1, -0.05) is 23.2 Å². The number of ketones is 1. The van der Waals surface area contributed by atoms with Crippen LogP contribution in [0.3, 0.4) is 0 Å². The smallest absolute Gasteiger partial charge is 0.342 e. The SMILES string of the molecule is C[C@@H](OC(=O)c1ccc(Cl)nc1Cl)C(=O)c1ccc2c(c1)NC(=O)CO2. The number of halogens is 2. The van der Waals surface area contributed by atoms with E-state index in [0.29, 0.717) is 11.4 Å². The first kappa shape index (κ1) is 18.2. The summed E-state index contributed by atoms with van der Waals surface area (Å²) in [7, 11) is 0. The summed E-state index contributed by atoms with van der Waals surface area (Å²) in [5, 5.41) is 2.63. The van der Waals surface area contributed by atoms with Crippen molar-refractivity contribution in [1.82, 2.24) is 4.98 Å². The number of Topliss-reactive ketones (excluding diaryl/α,β-unsaturated/α-hetero) is 1. The molecule has 26 heavy (non-hydrogen) atoms. The molecule has 0 saturated heterocycles. The lowest BCUT2D eigenvalue weighted by Gasteiger charge is -2.19. The van der Waals surface area contributed by atoms with Crippen molar-refractivity contribution in [1.29, 1.82) is 0 Å². The zero-order valence-electron chi connectivity index (χ0n) is 13.4. The Morgan fingerprint density at radius 3 is 2.77 bits per heavy atom. The second-order valence-electron chi connectivity index (χ2n) is 5.43. The third-order valence-corrected chi connectivity index (χ3v) is 4.08. The number of carbonyl (C=O) groups excluding carboxylic acids is 3. The van der Waals surface area contributed by atoms with Crippen molar-refractivity contribution in [3.8, 4) is 5.75 Å². The zero-order chi connectivity index (χ0) is 18.8. The van der Waals surface area contributed by atoms with E-state index in [9.17, 15) is 14.4 Å². The largest absolute Gasteiger partial charge is 0.482 e. The lowest BCUT2D eigenvalue weighted by molar-refractivity contribution is -0.118. The predicted molar refractivity (Wildman–Crippen MR) is 94.0 cm³/mol. The van der Waals surface area contributed by atoms with E-state index in [1.54, 1.807) is 6.07 Å². The number of ether oxygens (including phenoxy) is 2. The van der Waals surface area contributed by atoms with E-state index < -0.39 is 17.9 Å². The molecule has 1 atom stereocenters. The van der Waals surface area contributed by atoms with E-state index in [-0.39, 0.29) is 33.9 Å². The summed E-state index contributed by atoms with van der Waals surface area (Å²) in [6.07, 6.45) is -1.08. The molecule has 2 heterocycles. The summed E-state index contributed by atoms with van der Waals surface area (Å²) >= 11 is 11.5. The summed E-state index contributed by atoms with van der Waals surface area (Å²) in [4.78, 5) is 39.8. The van der Waals surface area contributed by atoms with Crippen LogP contribution in [-0.2, 0) is 9.53 Å². The van der Waals surface area contributed by atoms with Gasteiger partial charge >= 0.3 is 5.97 Å². The van der Waals surface area contributed by atoms with E-state index in [1.807, 2.05) is 0 Å². The number of rotatable bonds is 4. The van der Waals surface area contributed by atoms with Gasteiger partial charge in [0.05, 0.1) is 11.3 Å². The maximum Gasteiger partial charge on any atom is 0.342 e. The number of esters is 1. The molecule has 0 aliphatic carbocycles. The van der Waals surface area contributed by atoms with Gasteiger partial charge in [0.2, 0.25) is 5.78 Å². The van der Waals surface area contributed by atoms with Crippen molar-refractivity contribution in [2.45, 2.75) is 13.0 Å². The normalized spacial score (nSPS) is 13.9. The summed E-state index contributed by atoms with van der Waals surface area (Å²) in [5.41, 5.74) is 0.646. The molecule has 0 unspecified atom stereocenters. The average molecular weight is 395 g/mol. The van der Waals surface area contributed by atoms with E-state index in [4.69, 9.17) is 32.7 Å². The van der Waals surface area contributed by atoms with Crippen molar-refractivity contribution < 1.29 is 23.9 Å². The molecule has 0 spiro atoms. The zero-order valence-corrected chi connectivity index (χ0v) is 14.9. The van der Waals surface area contributed by atoms with Crippen LogP contribution in [0, 0.1) is 0 Å². The Hall–Kier alpha value is -2.64. The molecule has 3 rings (SSSR count). The molecule has 1 aromatic carbocycles. The minimum atomic E-state index is -1.08. The van der Waals surface area contributed by atoms with Crippen molar-refractivity contribution in [3.63, 3.8) is 0 Å². The first-order chi connectivity index (χ1) is 12.3. The van der Waals surface area contributed by atoms with E-state index in [0.717, 1.165) is 0 Å². The molecule has 1 aliphatic heterocycles. The Labute approximate surface area is 158 Å². The minimum absolute atomic E-state index is 0.00169. The molecule has 0 fully saturated rings. The Kier molecular flexibility index (Phi) is 5.11. The first-order valence-electron chi connectivity index (χ1n) is 7.49. The number of nitrogens with zero attached hydrogens (tertiary/aromatic N) is 1. The number of aromatic nitrogens is 1. The van der Waals surface area contributed by atoms with Crippen molar-refractivity contribution >= 4 is 46.5 Å². The highest BCUT2D eigenvalue weighted by molar-refractivity contribution is 6.34. The standard InChI is InChI=1S/C17H12Cl2N2O5/c1-8(26-17(24)10-3-5-13(18)21-16(10)19)15(23)9-2-4-12-11(6-9)20-14(22)7-25-12/h2-6,8H,7H2,1H3,(H,20,22)/t8-/m1/s1. The third-order valence-electron chi connectivity index (χ3n) is 3.58. The fourth-order valence-electron chi connectivity index (χ4n) is 2.31. The van der Waals surface area contributed by atoms with Gasteiger partial charge in [0, 0.05) is 5.56 Å². The Bertz CT molecular complexity index is 916. The molecule has 2 aromatic rings. The highest BCUT2D eigenvalue weighted by atomic mass is 35.5. The van der Waals surface area contributed by atoms with Crippen LogP contribution in [0.4, 0.5) is 5.69 Å². The Balaban J connectivity index is 1.74. The summed E-state index contributed by atoms with van der Waals surface area (Å²) in [6, 6.07) is 7.32. The molecule has 1 N–H and O–H groups in total. The summed E-state index contributed by atoms with van der Waals surface area (Å²) in [6.45, 7) is 1.36. The maximum absolute atomic E-state index is 12.5. The molecule has 134 valence electrons. The number of pyridine rings is 1. The van der Waals surface area contributed by atoms with Crippen LogP contribution in [0.1, 0.15) is 27.6 Å². The molecule has 1 amide bonds. The molecule has 0 bridgehead atoms. The van der Waals surface area contributed by atoms with Gasteiger partial charge < -0.3 is 14.8 Å². The van der Waals surface area contributed by atoms with E-state index >= 15 is 0 Å². The van der Waals surface area contributed by atoms with Crippen LogP contribution in [0.5, 0.6) is 5.75 Å². The third kappa shape index (κ3) is 3.79. The number of carbonyl (C=O) groups is 3. The van der Waals surface area contributed by atoms with Crippen LogP contribution < -0.4 is 10.1 Å². The number of hydrogen-bond donors (Lipinski definition) is 1. The lowest BCUT2D eigenvalue weighted by Crippen LogP contribution is -2.27. The lowest BCUT2D eigenvalue weighted by atomic mass is 10.1. The second-order valence-corrected chi connectivity index (χ2v) is 6.18. The summed E-state index contributed by atoms with van der Waals surface area (Å²) in [5.74, 6) is -1.09. The van der Waals surface area contributed by atoms with Crippen molar-refractivity contribution in [2.75, 3.05) is 11.9 Å². The molecule has 1 aliphatic rings. The van der Waals surface area contributed by atoms with Crippen molar-refractivity contribution in [2.24, 2.45) is 0 Å². The van der Waals surface area contributed by atoms with E-state index in [2.05, 4.69) is 10.3 Å². The monoisotopic (exact) mass is 394 g/mol. The molecule has 1 aromatic heterocycles. The summed E-state index contributed by atoms with van der Waals surface area (Å²) < 4.78 is 10.4. The van der Waals surface area contributed by atoms with Crippen molar-refractivity contribution in [3.05, 3.63) is 51.8 Å². The van der Waals surface area contributed by atoms with Crippen LogP contribution in [0.15, 0.2) is 30.3 Å². The minimum Gasteiger partial charge on any atom is -0.482 e. The Morgan fingerprint density at radius 1 is 1.27 bits per heavy atom. The fraction of sp³-hybridized carbons (Fsp3) is 0.176. The van der Waals surface area contributed by atoms with Gasteiger partial charge in [-0.15, -0.1) is 0 Å². The van der Waals surface area contributed by atoms with Crippen LogP contribution in [0.2, 0.25) is 10.3 Å². The Morgan fingerprint density at radius 2 is 2.04 bits per heavy atom. The number of anilines is 1. The molecule has 7 nitrogen and oxygen atoms in total. The van der Waals surface area contributed by atoms with Crippen LogP contribution in [-0.4, -0.2) is 35.4 Å². The molecule has 9 heteroatoms. The fourth-order valence-corrected chi connectivity index (χ4v) is 2.74. The van der Waals surface area contributed by atoms with Gasteiger partial charge in [-0.3, -0.25) is 9.59 Å². The number of benzene rings is 1. The van der Waals surface area contributed by atoms with Gasteiger partial charge in [-0.2, -0.15) is 0 Å². The number of amides is 1. The topological polar surface area (TPSA) is 94.6 Å². The molecular weight excluding hydrogens is 383 g/mol. The molecular formula is C17H12Cl2N2O5. The van der Waals surface area contributed by atoms with Crippen LogP contribution in [0.25, 0.3) is 0 Å². The molecule has 0 radical (unpaired) electrons. The molecule has 0 saturated carbocycles. The predicted octanol–water partition coefficient (Wildman–Crippen LogP) is 3.15. The number of fused-ring (bicyclic) bond motifs is 1. The van der Waals surface area contributed by atoms with Gasteiger partial charge in [-0.25, -0.2) is 9.78 Å². The average Bonchev–Trinajstić information content (AvgIpc) is 2.60. The van der Waals surface area contributed by atoms with Gasteiger partial charge in [0.15, 0.2) is 12.7 Å². The maximum atomic E-state index is 12.5. The van der Waals surface area contributed by atoms with E-state index in [1.165, 1.54) is 31.2 Å². The number of nitrogens with one attached hydrogen (secondary N) is 1. The first-order valence-corrected chi connectivity index (χ1v) is 8.24. The quantitative estimate of drug-likeness (QED) is 0.486. The van der Waals surface area contributed by atoms with Crippen LogP contribution >= 0.6 is 23.2 Å². The second kappa shape index (κ2) is 7.31. The highest BCUT2D eigenvalue weighted by Gasteiger charge is 2.24. The highest BCUT2D eigenvalue weighted by Crippen LogP contribution is 2.29. The number of hydrogen-bond acceptors (Lipinski definition) is 6. The van der Waals surface area contributed by atoms with Gasteiger partial charge in [-0.05, 0) is 37.3 Å². The van der Waals surface area contributed by atoms with Gasteiger partial charge in [0.1, 0.15) is 16.1 Å². The van der Waals surface area contributed by atoms with Gasteiger partial charge in [0.25, 0.3) is 5.91 Å².